The van der Waals surface area contributed by atoms with Crippen LogP contribution in [0.1, 0.15) is 18.4 Å². The summed E-state index contributed by atoms with van der Waals surface area (Å²) in [4.78, 5) is 25.2. The Bertz CT molecular complexity index is 501. The van der Waals surface area contributed by atoms with E-state index in [2.05, 4.69) is 0 Å². The summed E-state index contributed by atoms with van der Waals surface area (Å²) in [7, 11) is 0. The Morgan fingerprint density at radius 1 is 1.32 bits per heavy atom. The quantitative estimate of drug-likeness (QED) is 0.851. The molecule has 0 radical (unpaired) electrons. The molecule has 100 valence electrons. The van der Waals surface area contributed by atoms with E-state index in [0.29, 0.717) is 30.7 Å². The summed E-state index contributed by atoms with van der Waals surface area (Å²) in [6.45, 7) is 0.292. The van der Waals surface area contributed by atoms with Crippen LogP contribution in [0.15, 0.2) is 30.3 Å². The predicted octanol–water partition coefficient (Wildman–Crippen LogP) is 1.67. The fourth-order valence-electron chi connectivity index (χ4n) is 2.21. The van der Waals surface area contributed by atoms with Crippen molar-refractivity contribution in [2.24, 2.45) is 0 Å². The molecule has 0 aromatic heterocycles. The van der Waals surface area contributed by atoms with Crippen LogP contribution >= 0.6 is 12.2 Å². The van der Waals surface area contributed by atoms with Crippen molar-refractivity contribution in [1.82, 2.24) is 4.90 Å². The van der Waals surface area contributed by atoms with E-state index >= 15 is 0 Å². The SMILES string of the molecule is O=C(O)[C@@H]1CC(=S)CN1C(=O)CCc1ccccc1. The molecule has 4 nitrogen and oxygen atoms in total. The topological polar surface area (TPSA) is 57.6 Å². The van der Waals surface area contributed by atoms with E-state index in [0.717, 1.165) is 5.56 Å². The maximum absolute atomic E-state index is 12.1. The van der Waals surface area contributed by atoms with Crippen molar-refractivity contribution >= 4 is 29.0 Å². The highest BCUT2D eigenvalue weighted by Gasteiger charge is 2.36. The first-order chi connectivity index (χ1) is 9.08. The molecule has 0 saturated carbocycles. The van der Waals surface area contributed by atoms with Gasteiger partial charge in [0.25, 0.3) is 0 Å². The Labute approximate surface area is 117 Å². The van der Waals surface area contributed by atoms with Crippen molar-refractivity contribution in [3.8, 4) is 0 Å². The molecule has 2 rings (SSSR count). The molecule has 19 heavy (non-hydrogen) atoms. The third kappa shape index (κ3) is 3.38. The third-order valence-electron chi connectivity index (χ3n) is 3.22. The molecular formula is C14H15NO3S. The number of carboxylic acid groups (broad SMARTS) is 1. The second-order valence-corrected chi connectivity index (χ2v) is 5.18. The number of carbonyl (C=O) groups is 2. The number of aliphatic carboxylic acids is 1. The Morgan fingerprint density at radius 2 is 2.00 bits per heavy atom. The first-order valence-corrected chi connectivity index (χ1v) is 6.56. The number of thiocarbonyl (C=S) groups is 1. The van der Waals surface area contributed by atoms with E-state index in [-0.39, 0.29) is 5.91 Å². The van der Waals surface area contributed by atoms with E-state index in [1.54, 1.807) is 0 Å². The normalized spacial score (nSPS) is 18.6. The standard InChI is InChI=1S/C14H15NO3S/c16-13(7-6-10-4-2-1-3-5-10)15-9-11(19)8-12(15)14(17)18/h1-5,12H,6-9H2,(H,17,18)/t12-/m0/s1. The van der Waals surface area contributed by atoms with Gasteiger partial charge in [0.15, 0.2) is 0 Å². The number of aryl methyl sites for hydroxylation is 1. The average molecular weight is 277 g/mol. The molecule has 5 heteroatoms. The van der Waals surface area contributed by atoms with Gasteiger partial charge in [0.05, 0.1) is 6.54 Å². The largest absolute Gasteiger partial charge is 0.480 e. The van der Waals surface area contributed by atoms with Gasteiger partial charge in [0, 0.05) is 17.7 Å². The molecule has 0 bridgehead atoms. The lowest BCUT2D eigenvalue weighted by Crippen LogP contribution is -2.40. The van der Waals surface area contributed by atoms with Crippen LogP contribution in [-0.2, 0) is 16.0 Å². The van der Waals surface area contributed by atoms with E-state index in [1.807, 2.05) is 30.3 Å². The first-order valence-electron chi connectivity index (χ1n) is 6.16. The number of nitrogens with zero attached hydrogens (tertiary/aromatic N) is 1. The molecule has 1 aromatic rings. The maximum Gasteiger partial charge on any atom is 0.326 e. The van der Waals surface area contributed by atoms with Crippen molar-refractivity contribution in [2.75, 3.05) is 6.54 Å². The number of hydrogen-bond acceptors (Lipinski definition) is 3. The second kappa shape index (κ2) is 5.93. The molecule has 0 spiro atoms. The Morgan fingerprint density at radius 3 is 2.63 bits per heavy atom. The zero-order valence-electron chi connectivity index (χ0n) is 10.4. The van der Waals surface area contributed by atoms with Gasteiger partial charge in [-0.25, -0.2) is 4.79 Å². The third-order valence-corrected chi connectivity index (χ3v) is 3.52. The summed E-state index contributed by atoms with van der Waals surface area (Å²) >= 11 is 5.03. The van der Waals surface area contributed by atoms with Crippen LogP contribution in [0.25, 0.3) is 0 Å². The number of hydrogen-bond donors (Lipinski definition) is 1. The molecule has 1 fully saturated rings. The van der Waals surface area contributed by atoms with Crippen LogP contribution in [0.2, 0.25) is 0 Å². The number of carbonyl (C=O) groups excluding carboxylic acids is 1. The van der Waals surface area contributed by atoms with E-state index in [1.165, 1.54) is 4.90 Å². The summed E-state index contributed by atoms with van der Waals surface area (Å²) in [5.41, 5.74) is 1.07. The molecule has 0 aliphatic carbocycles. The Balaban J connectivity index is 1.96. The molecule has 1 N–H and O–H groups in total. The number of benzene rings is 1. The van der Waals surface area contributed by atoms with Gasteiger partial charge < -0.3 is 10.0 Å². The highest BCUT2D eigenvalue weighted by Crippen LogP contribution is 2.18. The molecule has 1 atom stereocenters. The van der Waals surface area contributed by atoms with E-state index < -0.39 is 12.0 Å². The highest BCUT2D eigenvalue weighted by molar-refractivity contribution is 7.80. The fourth-order valence-corrected chi connectivity index (χ4v) is 2.51. The van der Waals surface area contributed by atoms with Crippen LogP contribution in [0.5, 0.6) is 0 Å². The smallest absolute Gasteiger partial charge is 0.326 e. The van der Waals surface area contributed by atoms with Crippen molar-refractivity contribution in [3.05, 3.63) is 35.9 Å². The lowest BCUT2D eigenvalue weighted by atomic mass is 10.1. The Hall–Kier alpha value is -1.75. The van der Waals surface area contributed by atoms with Gasteiger partial charge in [-0.2, -0.15) is 0 Å². The first kappa shape index (κ1) is 13.7. The van der Waals surface area contributed by atoms with Gasteiger partial charge in [-0.05, 0) is 12.0 Å². The van der Waals surface area contributed by atoms with E-state index in [9.17, 15) is 9.59 Å². The van der Waals surface area contributed by atoms with Gasteiger partial charge in [-0.3, -0.25) is 4.79 Å². The lowest BCUT2D eigenvalue weighted by molar-refractivity contribution is -0.148. The van der Waals surface area contributed by atoms with Gasteiger partial charge in [0.2, 0.25) is 5.91 Å². The van der Waals surface area contributed by atoms with Crippen molar-refractivity contribution in [3.63, 3.8) is 0 Å². The minimum absolute atomic E-state index is 0.142. The number of amides is 1. The molecule has 1 saturated heterocycles. The van der Waals surface area contributed by atoms with Gasteiger partial charge in [-0.15, -0.1) is 0 Å². The highest BCUT2D eigenvalue weighted by atomic mass is 32.1. The van der Waals surface area contributed by atoms with Crippen LogP contribution in [-0.4, -0.2) is 39.3 Å². The predicted molar refractivity (Wildman–Crippen MR) is 75.1 cm³/mol. The van der Waals surface area contributed by atoms with Crippen molar-refractivity contribution in [2.45, 2.75) is 25.3 Å². The summed E-state index contributed by atoms with van der Waals surface area (Å²) < 4.78 is 0. The fraction of sp³-hybridized carbons (Fsp3) is 0.357. The van der Waals surface area contributed by atoms with Crippen LogP contribution in [0, 0.1) is 0 Å². The Kier molecular flexibility index (Phi) is 4.27. The summed E-state index contributed by atoms with van der Waals surface area (Å²) in [6, 6.07) is 8.89. The average Bonchev–Trinajstić information content (AvgIpc) is 2.79. The number of rotatable bonds is 4. The van der Waals surface area contributed by atoms with Gasteiger partial charge in [-0.1, -0.05) is 42.5 Å². The van der Waals surface area contributed by atoms with Crippen molar-refractivity contribution < 1.29 is 14.7 Å². The van der Waals surface area contributed by atoms with Crippen molar-refractivity contribution in [1.29, 1.82) is 0 Å². The molecule has 1 aromatic carbocycles. The maximum atomic E-state index is 12.1. The summed E-state index contributed by atoms with van der Waals surface area (Å²) in [6.07, 6.45) is 1.23. The van der Waals surface area contributed by atoms with E-state index in [4.69, 9.17) is 17.3 Å². The molecule has 1 aliphatic heterocycles. The minimum Gasteiger partial charge on any atom is -0.480 e. The number of carboxylic acids is 1. The van der Waals surface area contributed by atoms with Gasteiger partial charge >= 0.3 is 5.97 Å². The molecule has 1 amide bonds. The monoisotopic (exact) mass is 277 g/mol. The van der Waals surface area contributed by atoms with Crippen LogP contribution in [0.4, 0.5) is 0 Å². The summed E-state index contributed by atoms with van der Waals surface area (Å²) in [5.74, 6) is -1.12. The minimum atomic E-state index is -0.979. The number of likely N-dealkylation sites (tertiary alicyclic amines) is 1. The molecule has 0 unspecified atom stereocenters. The van der Waals surface area contributed by atoms with Crippen LogP contribution < -0.4 is 0 Å². The molecule has 1 aliphatic rings. The zero-order valence-corrected chi connectivity index (χ0v) is 11.2. The molecular weight excluding hydrogens is 262 g/mol. The summed E-state index contributed by atoms with van der Waals surface area (Å²) in [5, 5.41) is 9.08. The van der Waals surface area contributed by atoms with Gasteiger partial charge in [0.1, 0.15) is 6.04 Å². The van der Waals surface area contributed by atoms with Crippen LogP contribution in [0.3, 0.4) is 0 Å². The molecule has 1 heterocycles. The zero-order chi connectivity index (χ0) is 13.8. The second-order valence-electron chi connectivity index (χ2n) is 4.60. The lowest BCUT2D eigenvalue weighted by Gasteiger charge is -2.20.